The molecule has 1 atom stereocenters. The van der Waals surface area contributed by atoms with E-state index in [0.29, 0.717) is 18.9 Å². The van der Waals surface area contributed by atoms with Gasteiger partial charge in [-0.1, -0.05) is 19.4 Å². The number of hydrogen-bond donors (Lipinski definition) is 2. The van der Waals surface area contributed by atoms with E-state index in [0.717, 1.165) is 18.5 Å². The number of nitrogens with two attached hydrogens (primary N) is 1. The van der Waals surface area contributed by atoms with Gasteiger partial charge >= 0.3 is 0 Å². The van der Waals surface area contributed by atoms with Crippen molar-refractivity contribution in [2.24, 2.45) is 11.7 Å². The molecule has 1 aromatic carbocycles. The van der Waals surface area contributed by atoms with Gasteiger partial charge < -0.3 is 11.1 Å². The first kappa shape index (κ1) is 14.7. The molecule has 1 rings (SSSR count). The van der Waals surface area contributed by atoms with E-state index in [2.05, 4.69) is 19.2 Å². The van der Waals surface area contributed by atoms with Gasteiger partial charge in [0.2, 0.25) is 5.91 Å². The van der Waals surface area contributed by atoms with Crippen molar-refractivity contribution in [3.05, 3.63) is 29.3 Å². The molecule has 0 bridgehead atoms. The summed E-state index contributed by atoms with van der Waals surface area (Å²) in [4.78, 5) is 11.9. The summed E-state index contributed by atoms with van der Waals surface area (Å²) >= 11 is 0. The molecule has 100 valence electrons. The molecule has 0 aliphatic heterocycles. The number of nitrogens with one attached hydrogen (secondary N) is 1. The number of carbonyl (C=O) groups is 1. The molecule has 3 heteroatoms. The predicted octanol–water partition coefficient (Wildman–Crippen LogP) is 3.01. The fourth-order valence-electron chi connectivity index (χ4n) is 2.00. The number of aryl methyl sites for hydroxylation is 2. The Balaban J connectivity index is 2.55. The topological polar surface area (TPSA) is 55.1 Å². The SMILES string of the molecule is CCCC(CN)CC(=O)Nc1ccc(C)c(C)c1. The lowest BCUT2D eigenvalue weighted by Crippen LogP contribution is -2.22. The molecule has 1 amide bonds. The summed E-state index contributed by atoms with van der Waals surface area (Å²) < 4.78 is 0. The van der Waals surface area contributed by atoms with Crippen LogP contribution in [-0.2, 0) is 4.79 Å². The van der Waals surface area contributed by atoms with E-state index in [-0.39, 0.29) is 5.91 Å². The lowest BCUT2D eigenvalue weighted by atomic mass is 9.99. The first-order chi connectivity index (χ1) is 8.56. The van der Waals surface area contributed by atoms with Crippen molar-refractivity contribution in [3.63, 3.8) is 0 Å². The van der Waals surface area contributed by atoms with Crippen molar-refractivity contribution in [2.45, 2.75) is 40.0 Å². The van der Waals surface area contributed by atoms with Crippen molar-refractivity contribution in [1.82, 2.24) is 0 Å². The van der Waals surface area contributed by atoms with E-state index in [1.165, 1.54) is 11.1 Å². The van der Waals surface area contributed by atoms with Crippen molar-refractivity contribution in [3.8, 4) is 0 Å². The summed E-state index contributed by atoms with van der Waals surface area (Å²) in [5.74, 6) is 0.351. The fourth-order valence-corrected chi connectivity index (χ4v) is 2.00. The normalized spacial score (nSPS) is 12.2. The van der Waals surface area contributed by atoms with Gasteiger partial charge in [-0.25, -0.2) is 0 Å². The molecule has 1 aromatic rings. The van der Waals surface area contributed by atoms with Gasteiger partial charge in [0.15, 0.2) is 0 Å². The average molecular weight is 248 g/mol. The standard InChI is InChI=1S/C15H24N2O/c1-4-5-13(10-16)9-15(18)17-14-7-6-11(2)12(3)8-14/h6-8,13H,4-5,9-10,16H2,1-3H3,(H,17,18). The predicted molar refractivity (Wildman–Crippen MR) is 76.6 cm³/mol. The molecule has 3 N–H and O–H groups in total. The Kier molecular flexibility index (Phi) is 5.86. The van der Waals surface area contributed by atoms with Gasteiger partial charge in [-0.05, 0) is 56.0 Å². The van der Waals surface area contributed by atoms with Crippen LogP contribution < -0.4 is 11.1 Å². The Bertz CT molecular complexity index is 401. The molecule has 0 saturated heterocycles. The Morgan fingerprint density at radius 3 is 2.61 bits per heavy atom. The molecule has 0 fully saturated rings. The number of benzene rings is 1. The highest BCUT2D eigenvalue weighted by atomic mass is 16.1. The second-order valence-corrected chi connectivity index (χ2v) is 4.94. The first-order valence-electron chi connectivity index (χ1n) is 6.64. The molecule has 0 aromatic heterocycles. The van der Waals surface area contributed by atoms with Crippen LogP contribution in [0.1, 0.15) is 37.3 Å². The monoisotopic (exact) mass is 248 g/mol. The van der Waals surface area contributed by atoms with Crippen LogP contribution in [0.25, 0.3) is 0 Å². The Morgan fingerprint density at radius 2 is 2.06 bits per heavy atom. The molecule has 0 saturated carbocycles. The average Bonchev–Trinajstić information content (AvgIpc) is 2.33. The van der Waals surface area contributed by atoms with E-state index in [9.17, 15) is 4.79 Å². The second-order valence-electron chi connectivity index (χ2n) is 4.94. The molecular formula is C15H24N2O. The van der Waals surface area contributed by atoms with Crippen LogP contribution in [0.5, 0.6) is 0 Å². The zero-order valence-corrected chi connectivity index (χ0v) is 11.6. The van der Waals surface area contributed by atoms with Crippen molar-refractivity contribution in [2.75, 3.05) is 11.9 Å². The summed E-state index contributed by atoms with van der Waals surface area (Å²) in [6, 6.07) is 5.97. The lowest BCUT2D eigenvalue weighted by molar-refractivity contribution is -0.117. The third-order valence-electron chi connectivity index (χ3n) is 3.29. The zero-order valence-electron chi connectivity index (χ0n) is 11.6. The van der Waals surface area contributed by atoms with E-state index in [1.807, 2.05) is 25.1 Å². The van der Waals surface area contributed by atoms with Gasteiger partial charge in [0.1, 0.15) is 0 Å². The number of anilines is 1. The third-order valence-corrected chi connectivity index (χ3v) is 3.29. The van der Waals surface area contributed by atoms with Crippen LogP contribution in [0, 0.1) is 19.8 Å². The van der Waals surface area contributed by atoms with Crippen LogP contribution >= 0.6 is 0 Å². The largest absolute Gasteiger partial charge is 0.330 e. The van der Waals surface area contributed by atoms with Gasteiger partial charge in [0.25, 0.3) is 0 Å². The van der Waals surface area contributed by atoms with E-state index >= 15 is 0 Å². The maximum atomic E-state index is 11.9. The van der Waals surface area contributed by atoms with Crippen LogP contribution in [0.4, 0.5) is 5.69 Å². The van der Waals surface area contributed by atoms with E-state index in [4.69, 9.17) is 5.73 Å². The van der Waals surface area contributed by atoms with Crippen molar-refractivity contribution in [1.29, 1.82) is 0 Å². The molecular weight excluding hydrogens is 224 g/mol. The molecule has 0 spiro atoms. The molecule has 1 unspecified atom stereocenters. The first-order valence-corrected chi connectivity index (χ1v) is 6.64. The molecule has 3 nitrogen and oxygen atoms in total. The van der Waals surface area contributed by atoms with Gasteiger partial charge in [-0.2, -0.15) is 0 Å². The minimum atomic E-state index is 0.0575. The lowest BCUT2D eigenvalue weighted by Gasteiger charge is -2.13. The number of carbonyl (C=O) groups excluding carboxylic acids is 1. The summed E-state index contributed by atoms with van der Waals surface area (Å²) in [6.45, 7) is 6.80. The van der Waals surface area contributed by atoms with E-state index in [1.54, 1.807) is 0 Å². The Hall–Kier alpha value is -1.35. The molecule has 18 heavy (non-hydrogen) atoms. The minimum absolute atomic E-state index is 0.0575. The van der Waals surface area contributed by atoms with Crippen molar-refractivity contribution >= 4 is 11.6 Å². The van der Waals surface area contributed by atoms with Gasteiger partial charge in [-0.15, -0.1) is 0 Å². The van der Waals surface area contributed by atoms with Crippen LogP contribution in [0.15, 0.2) is 18.2 Å². The molecule has 0 radical (unpaired) electrons. The number of amides is 1. The minimum Gasteiger partial charge on any atom is -0.330 e. The van der Waals surface area contributed by atoms with Crippen LogP contribution in [-0.4, -0.2) is 12.5 Å². The third kappa shape index (κ3) is 4.49. The maximum Gasteiger partial charge on any atom is 0.224 e. The number of rotatable bonds is 6. The van der Waals surface area contributed by atoms with Crippen LogP contribution in [0.3, 0.4) is 0 Å². The quantitative estimate of drug-likeness (QED) is 0.813. The van der Waals surface area contributed by atoms with E-state index < -0.39 is 0 Å². The fraction of sp³-hybridized carbons (Fsp3) is 0.533. The maximum absolute atomic E-state index is 11.9. The number of hydrogen-bond acceptors (Lipinski definition) is 2. The Morgan fingerprint density at radius 1 is 1.33 bits per heavy atom. The molecule has 0 aliphatic carbocycles. The summed E-state index contributed by atoms with van der Waals surface area (Å²) in [5, 5.41) is 2.94. The Labute approximate surface area is 110 Å². The van der Waals surface area contributed by atoms with Gasteiger partial charge in [0, 0.05) is 12.1 Å². The summed E-state index contributed by atoms with van der Waals surface area (Å²) in [6.07, 6.45) is 2.59. The van der Waals surface area contributed by atoms with Crippen molar-refractivity contribution < 1.29 is 4.79 Å². The highest BCUT2D eigenvalue weighted by Gasteiger charge is 2.11. The summed E-state index contributed by atoms with van der Waals surface area (Å²) in [5.41, 5.74) is 8.96. The summed E-state index contributed by atoms with van der Waals surface area (Å²) in [7, 11) is 0. The van der Waals surface area contributed by atoms with Gasteiger partial charge in [-0.3, -0.25) is 4.79 Å². The molecule has 0 aliphatic rings. The second kappa shape index (κ2) is 7.17. The highest BCUT2D eigenvalue weighted by Crippen LogP contribution is 2.16. The molecule has 0 heterocycles. The smallest absolute Gasteiger partial charge is 0.224 e. The zero-order chi connectivity index (χ0) is 13.5. The highest BCUT2D eigenvalue weighted by molar-refractivity contribution is 5.91. The van der Waals surface area contributed by atoms with Crippen LogP contribution in [0.2, 0.25) is 0 Å². The van der Waals surface area contributed by atoms with Gasteiger partial charge in [0.05, 0.1) is 0 Å².